The molecule has 70 valence electrons. The van der Waals surface area contributed by atoms with Crippen LogP contribution in [0.25, 0.3) is 5.57 Å². The van der Waals surface area contributed by atoms with Crippen LogP contribution in [-0.4, -0.2) is 0 Å². The van der Waals surface area contributed by atoms with Crippen LogP contribution in [0.3, 0.4) is 0 Å². The van der Waals surface area contributed by atoms with Crippen LogP contribution in [0.4, 0.5) is 0 Å². The molecule has 1 aromatic rings. The molecule has 0 heteroatoms. The zero-order valence-electron chi connectivity index (χ0n) is 8.46. The fraction of sp³-hybridized carbons (Fsp3) is 0.286. The predicted molar refractivity (Wildman–Crippen MR) is 60.3 cm³/mol. The predicted octanol–water partition coefficient (Wildman–Crippen LogP) is 3.69. The number of rotatable bonds is 1. The zero-order valence-corrected chi connectivity index (χ0v) is 8.46. The van der Waals surface area contributed by atoms with Crippen LogP contribution >= 0.6 is 0 Å². The molecule has 0 bridgehead atoms. The Morgan fingerprint density at radius 3 is 3.14 bits per heavy atom. The highest BCUT2D eigenvalue weighted by Crippen LogP contribution is 2.42. The van der Waals surface area contributed by atoms with Crippen molar-refractivity contribution in [3.05, 3.63) is 53.1 Å². The van der Waals surface area contributed by atoms with E-state index in [1.165, 1.54) is 23.1 Å². The van der Waals surface area contributed by atoms with Crippen molar-refractivity contribution in [2.24, 2.45) is 0 Å². The molecule has 1 atom stereocenters. The molecule has 14 heavy (non-hydrogen) atoms. The first kappa shape index (κ1) is 8.05. The third kappa shape index (κ3) is 0.942. The van der Waals surface area contributed by atoms with Crippen molar-refractivity contribution >= 4 is 5.57 Å². The Morgan fingerprint density at radius 2 is 2.29 bits per heavy atom. The molecular formula is C14H14. The molecule has 0 aromatic heterocycles. The lowest BCUT2D eigenvalue weighted by atomic mass is 9.90. The minimum Gasteiger partial charge on any atom is -0.0795 e. The van der Waals surface area contributed by atoms with Crippen LogP contribution in [0.5, 0.6) is 0 Å². The van der Waals surface area contributed by atoms with E-state index in [9.17, 15) is 0 Å². The van der Waals surface area contributed by atoms with Gasteiger partial charge >= 0.3 is 0 Å². The SMILES string of the molecule is CCC1C=C2C=CCc3cccc1c32. The van der Waals surface area contributed by atoms with Gasteiger partial charge in [0.25, 0.3) is 0 Å². The standard InChI is InChI=1S/C14H14/c1-2-10-9-12-7-3-5-11-6-4-8-13(10)14(11)12/h3-4,6-10H,2,5H2,1H3. The third-order valence-electron chi connectivity index (χ3n) is 3.33. The summed E-state index contributed by atoms with van der Waals surface area (Å²) in [7, 11) is 0. The first-order valence-corrected chi connectivity index (χ1v) is 5.40. The van der Waals surface area contributed by atoms with Crippen LogP contribution in [0.15, 0.2) is 36.4 Å². The summed E-state index contributed by atoms with van der Waals surface area (Å²) in [6, 6.07) is 6.75. The molecule has 0 aliphatic heterocycles. The molecule has 0 saturated carbocycles. The highest BCUT2D eigenvalue weighted by molar-refractivity contribution is 5.84. The molecule has 0 saturated heterocycles. The van der Waals surface area contributed by atoms with Gasteiger partial charge in [-0.3, -0.25) is 0 Å². The maximum atomic E-state index is 2.42. The largest absolute Gasteiger partial charge is 0.0795 e. The van der Waals surface area contributed by atoms with E-state index in [2.05, 4.69) is 43.4 Å². The van der Waals surface area contributed by atoms with E-state index in [1.54, 1.807) is 5.56 Å². The van der Waals surface area contributed by atoms with E-state index in [1.807, 2.05) is 0 Å². The molecule has 1 aromatic carbocycles. The van der Waals surface area contributed by atoms with Gasteiger partial charge < -0.3 is 0 Å². The summed E-state index contributed by atoms with van der Waals surface area (Å²) in [4.78, 5) is 0. The van der Waals surface area contributed by atoms with Crippen molar-refractivity contribution in [2.45, 2.75) is 25.7 Å². The first-order valence-electron chi connectivity index (χ1n) is 5.40. The minimum atomic E-state index is 0.655. The molecule has 0 heterocycles. The molecule has 0 N–H and O–H groups in total. The summed E-state index contributed by atoms with van der Waals surface area (Å²) in [5.41, 5.74) is 6.03. The van der Waals surface area contributed by atoms with Crippen molar-refractivity contribution in [2.75, 3.05) is 0 Å². The first-order chi connectivity index (χ1) is 6.90. The number of benzene rings is 1. The fourth-order valence-electron chi connectivity index (χ4n) is 2.63. The van der Waals surface area contributed by atoms with Gasteiger partial charge in [-0.2, -0.15) is 0 Å². The highest BCUT2D eigenvalue weighted by atomic mass is 14.3. The summed E-state index contributed by atoms with van der Waals surface area (Å²) in [5, 5.41) is 0. The van der Waals surface area contributed by atoms with Crippen molar-refractivity contribution in [1.29, 1.82) is 0 Å². The van der Waals surface area contributed by atoms with Gasteiger partial charge in [-0.05, 0) is 35.1 Å². The molecule has 0 fully saturated rings. The van der Waals surface area contributed by atoms with Gasteiger partial charge in [0.05, 0.1) is 0 Å². The topological polar surface area (TPSA) is 0 Å². The van der Waals surface area contributed by atoms with Gasteiger partial charge in [-0.25, -0.2) is 0 Å². The Kier molecular flexibility index (Phi) is 1.63. The molecular weight excluding hydrogens is 168 g/mol. The fourth-order valence-corrected chi connectivity index (χ4v) is 2.63. The van der Waals surface area contributed by atoms with Gasteiger partial charge in [0.1, 0.15) is 0 Å². The average molecular weight is 182 g/mol. The van der Waals surface area contributed by atoms with Gasteiger partial charge in [-0.15, -0.1) is 0 Å². The Labute approximate surface area is 85.0 Å². The summed E-state index contributed by atoms with van der Waals surface area (Å²) in [6.45, 7) is 2.27. The van der Waals surface area contributed by atoms with Gasteiger partial charge in [0.2, 0.25) is 0 Å². The van der Waals surface area contributed by atoms with Gasteiger partial charge in [-0.1, -0.05) is 43.4 Å². The molecule has 0 spiro atoms. The van der Waals surface area contributed by atoms with Crippen LogP contribution in [0, 0.1) is 0 Å². The summed E-state index contributed by atoms with van der Waals surface area (Å²) >= 11 is 0. The molecule has 0 amide bonds. The second kappa shape index (κ2) is 2.84. The van der Waals surface area contributed by atoms with E-state index in [0.717, 1.165) is 6.42 Å². The number of allylic oxidation sites excluding steroid dienone is 4. The number of hydrogen-bond donors (Lipinski definition) is 0. The molecule has 2 aliphatic carbocycles. The Balaban J connectivity index is 2.26. The van der Waals surface area contributed by atoms with Crippen LogP contribution in [0.1, 0.15) is 36.0 Å². The maximum absolute atomic E-state index is 2.42. The normalized spacial score (nSPS) is 22.1. The van der Waals surface area contributed by atoms with Crippen LogP contribution < -0.4 is 0 Å². The Morgan fingerprint density at radius 1 is 1.36 bits per heavy atom. The molecule has 2 aliphatic rings. The van der Waals surface area contributed by atoms with E-state index in [0.29, 0.717) is 5.92 Å². The monoisotopic (exact) mass is 182 g/mol. The van der Waals surface area contributed by atoms with Gasteiger partial charge in [0.15, 0.2) is 0 Å². The van der Waals surface area contributed by atoms with Crippen molar-refractivity contribution in [1.82, 2.24) is 0 Å². The summed E-state index contributed by atoms with van der Waals surface area (Å²) < 4.78 is 0. The zero-order chi connectivity index (χ0) is 9.54. The van der Waals surface area contributed by atoms with E-state index >= 15 is 0 Å². The smallest absolute Gasteiger partial charge is 0.00308 e. The molecule has 0 nitrogen and oxygen atoms in total. The van der Waals surface area contributed by atoms with Crippen LogP contribution in [-0.2, 0) is 6.42 Å². The minimum absolute atomic E-state index is 0.655. The molecule has 1 unspecified atom stereocenters. The lowest BCUT2D eigenvalue weighted by Crippen LogP contribution is -1.97. The van der Waals surface area contributed by atoms with Crippen molar-refractivity contribution in [3.63, 3.8) is 0 Å². The molecule has 0 radical (unpaired) electrons. The second-order valence-corrected chi connectivity index (χ2v) is 4.12. The quantitative estimate of drug-likeness (QED) is 0.621. The summed E-state index contributed by atoms with van der Waals surface area (Å²) in [5.74, 6) is 0.655. The lowest BCUT2D eigenvalue weighted by Gasteiger charge is -2.14. The van der Waals surface area contributed by atoms with E-state index in [4.69, 9.17) is 0 Å². The number of hydrogen-bond acceptors (Lipinski definition) is 0. The lowest BCUT2D eigenvalue weighted by molar-refractivity contribution is 0.817. The third-order valence-corrected chi connectivity index (χ3v) is 3.33. The maximum Gasteiger partial charge on any atom is 0.00308 e. The second-order valence-electron chi connectivity index (χ2n) is 4.12. The Bertz CT molecular complexity index is 435. The van der Waals surface area contributed by atoms with Crippen molar-refractivity contribution < 1.29 is 0 Å². The molecule has 3 rings (SSSR count). The van der Waals surface area contributed by atoms with E-state index in [-0.39, 0.29) is 0 Å². The highest BCUT2D eigenvalue weighted by Gasteiger charge is 2.24. The summed E-state index contributed by atoms with van der Waals surface area (Å²) in [6.07, 6.45) is 9.30. The average Bonchev–Trinajstić information content (AvgIpc) is 2.60. The van der Waals surface area contributed by atoms with Gasteiger partial charge in [0, 0.05) is 5.92 Å². The Hall–Kier alpha value is -1.30. The van der Waals surface area contributed by atoms with Crippen molar-refractivity contribution in [3.8, 4) is 0 Å². The van der Waals surface area contributed by atoms with E-state index < -0.39 is 0 Å². The van der Waals surface area contributed by atoms with Crippen LogP contribution in [0.2, 0.25) is 0 Å².